The smallest absolute Gasteiger partial charge is 0.296 e. The van der Waals surface area contributed by atoms with E-state index >= 15 is 0 Å². The number of nitrogens with zero attached hydrogens (tertiary/aromatic N) is 1. The Balaban J connectivity index is 1.77. The second-order valence-corrected chi connectivity index (χ2v) is 8.13. The fourth-order valence-electron chi connectivity index (χ4n) is 4.01. The summed E-state index contributed by atoms with van der Waals surface area (Å²) < 4.78 is 30.4. The Hall–Kier alpha value is -4.07. The zero-order chi connectivity index (χ0) is 24.9. The molecule has 0 saturated carbocycles. The second kappa shape index (κ2) is 10.5. The highest BCUT2D eigenvalue weighted by atomic mass is 19.1. The van der Waals surface area contributed by atoms with Gasteiger partial charge in [0.2, 0.25) is 0 Å². The molecule has 8 heteroatoms. The van der Waals surface area contributed by atoms with E-state index in [4.69, 9.17) is 13.9 Å². The normalized spacial score (nSPS) is 17.1. The molecule has 1 aliphatic heterocycles. The lowest BCUT2D eigenvalue weighted by Gasteiger charge is -2.24. The van der Waals surface area contributed by atoms with Crippen LogP contribution in [-0.4, -0.2) is 35.4 Å². The van der Waals surface area contributed by atoms with Gasteiger partial charge in [0, 0.05) is 5.56 Å². The summed E-state index contributed by atoms with van der Waals surface area (Å²) in [5.74, 6) is -1.69. The van der Waals surface area contributed by atoms with Gasteiger partial charge >= 0.3 is 0 Å². The van der Waals surface area contributed by atoms with Crippen molar-refractivity contribution in [3.05, 3.63) is 89.1 Å². The number of rotatable bonds is 9. The second-order valence-electron chi connectivity index (χ2n) is 8.13. The lowest BCUT2D eigenvalue weighted by molar-refractivity contribution is -0.140. The van der Waals surface area contributed by atoms with Gasteiger partial charge in [-0.05, 0) is 54.4 Å². The van der Waals surface area contributed by atoms with Crippen molar-refractivity contribution in [1.29, 1.82) is 0 Å². The number of amides is 1. The zero-order valence-corrected chi connectivity index (χ0v) is 19.5. The van der Waals surface area contributed by atoms with Gasteiger partial charge in [-0.3, -0.25) is 9.59 Å². The van der Waals surface area contributed by atoms with Crippen LogP contribution in [0.15, 0.2) is 70.9 Å². The molecule has 1 atom stereocenters. The largest absolute Gasteiger partial charge is 0.507 e. The van der Waals surface area contributed by atoms with Crippen LogP contribution < -0.4 is 9.47 Å². The summed E-state index contributed by atoms with van der Waals surface area (Å²) in [6.07, 6.45) is 3.40. The lowest BCUT2D eigenvalue weighted by Crippen LogP contribution is -2.29. The highest BCUT2D eigenvalue weighted by Crippen LogP contribution is 2.41. The summed E-state index contributed by atoms with van der Waals surface area (Å²) in [7, 11) is 1.33. The molecule has 1 aromatic heterocycles. The van der Waals surface area contributed by atoms with Gasteiger partial charge in [-0.15, -0.1) is 0 Å². The number of halogens is 1. The van der Waals surface area contributed by atoms with E-state index < -0.39 is 29.3 Å². The molecule has 0 radical (unpaired) electrons. The Labute approximate surface area is 202 Å². The third-order valence-corrected chi connectivity index (χ3v) is 5.83. The van der Waals surface area contributed by atoms with Gasteiger partial charge < -0.3 is 23.9 Å². The number of hydrogen-bond donors (Lipinski definition) is 1. The number of ether oxygens (including phenoxy) is 2. The van der Waals surface area contributed by atoms with Crippen LogP contribution in [0.4, 0.5) is 4.39 Å². The molecular weight excluding hydrogens is 453 g/mol. The minimum Gasteiger partial charge on any atom is -0.507 e. The maximum atomic E-state index is 14.3. The van der Waals surface area contributed by atoms with Gasteiger partial charge in [-0.1, -0.05) is 25.5 Å². The first-order chi connectivity index (χ1) is 16.9. The zero-order valence-electron chi connectivity index (χ0n) is 19.5. The molecule has 0 spiro atoms. The molecule has 1 unspecified atom stereocenters. The number of methoxy groups -OCH3 is 1. The molecule has 1 saturated heterocycles. The van der Waals surface area contributed by atoms with Crippen molar-refractivity contribution in [3.8, 4) is 11.5 Å². The molecule has 35 heavy (non-hydrogen) atoms. The highest BCUT2D eigenvalue weighted by molar-refractivity contribution is 6.46. The van der Waals surface area contributed by atoms with Crippen LogP contribution in [0.2, 0.25) is 0 Å². The minimum absolute atomic E-state index is 0.00460. The summed E-state index contributed by atoms with van der Waals surface area (Å²) in [6, 6.07) is 13.3. The third-order valence-electron chi connectivity index (χ3n) is 5.83. The van der Waals surface area contributed by atoms with E-state index in [1.165, 1.54) is 30.4 Å². The Morgan fingerprint density at radius 3 is 2.54 bits per heavy atom. The maximum absolute atomic E-state index is 14.3. The molecule has 1 fully saturated rings. The van der Waals surface area contributed by atoms with Crippen molar-refractivity contribution < 1.29 is 33.0 Å². The number of ketones is 1. The summed E-state index contributed by atoms with van der Waals surface area (Å²) in [6.45, 7) is 2.67. The van der Waals surface area contributed by atoms with Gasteiger partial charge in [0.15, 0.2) is 11.6 Å². The Bertz CT molecular complexity index is 1230. The predicted octanol–water partition coefficient (Wildman–Crippen LogP) is 5.23. The molecule has 1 aliphatic rings. The first-order valence-electron chi connectivity index (χ1n) is 11.3. The number of hydrogen-bond acceptors (Lipinski definition) is 6. The quantitative estimate of drug-likeness (QED) is 0.196. The fraction of sp³-hybridized carbons (Fsp3) is 0.259. The van der Waals surface area contributed by atoms with Gasteiger partial charge in [-0.2, -0.15) is 0 Å². The Morgan fingerprint density at radius 2 is 1.91 bits per heavy atom. The van der Waals surface area contributed by atoms with Crippen molar-refractivity contribution in [2.45, 2.75) is 32.4 Å². The summed E-state index contributed by atoms with van der Waals surface area (Å²) >= 11 is 0. The van der Waals surface area contributed by atoms with E-state index in [2.05, 4.69) is 6.92 Å². The number of furan rings is 1. The predicted molar refractivity (Wildman–Crippen MR) is 126 cm³/mol. The monoisotopic (exact) mass is 479 g/mol. The maximum Gasteiger partial charge on any atom is 0.296 e. The number of aliphatic hydroxyl groups excluding tert-OH is 1. The Morgan fingerprint density at radius 1 is 1.14 bits per heavy atom. The van der Waals surface area contributed by atoms with Crippen molar-refractivity contribution in [3.63, 3.8) is 0 Å². The van der Waals surface area contributed by atoms with Crippen LogP contribution in [0.3, 0.4) is 0 Å². The molecule has 0 bridgehead atoms. The van der Waals surface area contributed by atoms with Crippen LogP contribution in [0.25, 0.3) is 5.76 Å². The van der Waals surface area contributed by atoms with Gasteiger partial charge in [0.25, 0.3) is 11.7 Å². The van der Waals surface area contributed by atoms with Gasteiger partial charge in [0.1, 0.15) is 17.3 Å². The van der Waals surface area contributed by atoms with Crippen LogP contribution in [0, 0.1) is 5.82 Å². The van der Waals surface area contributed by atoms with Gasteiger partial charge in [-0.25, -0.2) is 4.39 Å². The minimum atomic E-state index is -0.907. The SMILES string of the molecule is CCCCOc1ccc(C2/C(=C(\O)c3ccc(OC)c(F)c3)C(=O)C(=O)N2Cc2ccco2)cc1. The van der Waals surface area contributed by atoms with Crippen LogP contribution in [0.5, 0.6) is 11.5 Å². The van der Waals surface area contributed by atoms with E-state index in [1.807, 2.05) is 0 Å². The highest BCUT2D eigenvalue weighted by Gasteiger charge is 2.46. The summed E-state index contributed by atoms with van der Waals surface area (Å²) in [4.78, 5) is 27.5. The average Bonchev–Trinajstić information content (AvgIpc) is 3.46. The van der Waals surface area contributed by atoms with E-state index in [0.29, 0.717) is 23.7 Å². The number of benzene rings is 2. The molecule has 182 valence electrons. The molecule has 3 aromatic rings. The van der Waals surface area contributed by atoms with E-state index in [-0.39, 0.29) is 23.4 Å². The van der Waals surface area contributed by atoms with Crippen LogP contribution >= 0.6 is 0 Å². The molecule has 2 heterocycles. The van der Waals surface area contributed by atoms with Crippen molar-refractivity contribution in [2.24, 2.45) is 0 Å². The van der Waals surface area contributed by atoms with Gasteiger partial charge in [0.05, 0.1) is 38.1 Å². The molecule has 0 aliphatic carbocycles. The number of Topliss-reactive ketones (excluding diaryl/α,β-unsaturated/α-hetero) is 1. The van der Waals surface area contributed by atoms with Crippen molar-refractivity contribution >= 4 is 17.4 Å². The number of aliphatic hydroxyl groups is 1. The molecule has 7 nitrogen and oxygen atoms in total. The van der Waals surface area contributed by atoms with E-state index in [1.54, 1.807) is 36.4 Å². The topological polar surface area (TPSA) is 89.2 Å². The fourth-order valence-corrected chi connectivity index (χ4v) is 4.01. The third kappa shape index (κ3) is 4.91. The van der Waals surface area contributed by atoms with Crippen molar-refractivity contribution in [1.82, 2.24) is 4.90 Å². The average molecular weight is 480 g/mol. The van der Waals surface area contributed by atoms with Crippen LogP contribution in [-0.2, 0) is 16.1 Å². The number of likely N-dealkylation sites (tertiary alicyclic amines) is 1. The number of carbonyl (C=O) groups excluding carboxylic acids is 2. The standard InChI is InChI=1S/C27H26FNO6/c1-3-4-13-34-19-10-7-17(8-11-19)24-23(25(30)18-9-12-22(33-2)21(28)15-18)26(31)27(32)29(24)16-20-6-5-14-35-20/h5-12,14-15,24,30H,3-4,13,16H2,1-2H3/b25-23+. The molecule has 4 rings (SSSR count). The van der Waals surface area contributed by atoms with E-state index in [0.717, 1.165) is 18.9 Å². The number of unbranched alkanes of at least 4 members (excludes halogenated alkanes) is 1. The van der Waals surface area contributed by atoms with Crippen LogP contribution in [0.1, 0.15) is 42.7 Å². The van der Waals surface area contributed by atoms with Crippen molar-refractivity contribution in [2.75, 3.05) is 13.7 Å². The summed E-state index contributed by atoms with van der Waals surface area (Å²) in [5, 5.41) is 11.1. The molecular formula is C27H26FNO6. The summed E-state index contributed by atoms with van der Waals surface area (Å²) in [5.41, 5.74) is 0.517. The molecule has 1 amide bonds. The Kier molecular flexibility index (Phi) is 7.19. The molecule has 2 aromatic carbocycles. The number of carbonyl (C=O) groups is 2. The first-order valence-corrected chi connectivity index (χ1v) is 11.3. The van der Waals surface area contributed by atoms with E-state index in [9.17, 15) is 19.1 Å². The lowest BCUT2D eigenvalue weighted by atomic mass is 9.95. The first kappa shape index (κ1) is 24.1. The molecule has 1 N–H and O–H groups in total.